The maximum atomic E-state index is 13.1. The molecule has 0 bridgehead atoms. The number of nitrogens with one attached hydrogen (secondary N) is 2. The third-order valence-corrected chi connectivity index (χ3v) is 5.98. The number of hydrogen-bond acceptors (Lipinski definition) is 5. The SMILES string of the molecule is CCOc1cc(C=NNC(=O)C(NC(=O)c2ccc(F)cc2)C(C)C)ccc1OCc1ccc(Cl)cc1Cl. The summed E-state index contributed by atoms with van der Waals surface area (Å²) in [5.41, 5.74) is 4.14. The lowest BCUT2D eigenvalue weighted by Crippen LogP contribution is -2.48. The molecule has 0 heterocycles. The normalized spacial score (nSPS) is 11.9. The molecule has 10 heteroatoms. The topological polar surface area (TPSA) is 89.0 Å². The van der Waals surface area contributed by atoms with Crippen LogP contribution < -0.4 is 20.2 Å². The van der Waals surface area contributed by atoms with Gasteiger partial charge in [0.2, 0.25) is 0 Å². The Morgan fingerprint density at radius 3 is 2.39 bits per heavy atom. The predicted octanol–water partition coefficient (Wildman–Crippen LogP) is 6.01. The van der Waals surface area contributed by atoms with E-state index in [4.69, 9.17) is 32.7 Å². The van der Waals surface area contributed by atoms with Crippen molar-refractivity contribution in [3.05, 3.63) is 93.2 Å². The Bertz CT molecular complexity index is 1300. The summed E-state index contributed by atoms with van der Waals surface area (Å²) >= 11 is 12.2. The van der Waals surface area contributed by atoms with Gasteiger partial charge in [-0.05, 0) is 73.0 Å². The number of nitrogens with zero attached hydrogens (tertiary/aromatic N) is 1. The number of benzene rings is 3. The van der Waals surface area contributed by atoms with Crippen molar-refractivity contribution in [3.63, 3.8) is 0 Å². The molecule has 0 aliphatic heterocycles. The van der Waals surface area contributed by atoms with E-state index in [1.54, 1.807) is 50.2 Å². The van der Waals surface area contributed by atoms with Crippen molar-refractivity contribution in [2.24, 2.45) is 11.0 Å². The molecule has 3 aromatic carbocycles. The van der Waals surface area contributed by atoms with Gasteiger partial charge in [-0.3, -0.25) is 9.59 Å². The molecule has 3 aromatic rings. The molecule has 0 fully saturated rings. The Hall–Kier alpha value is -3.62. The molecule has 1 atom stereocenters. The summed E-state index contributed by atoms with van der Waals surface area (Å²) in [4.78, 5) is 25.2. The third kappa shape index (κ3) is 8.19. The summed E-state index contributed by atoms with van der Waals surface area (Å²) in [6.07, 6.45) is 1.46. The second-order valence-corrected chi connectivity index (χ2v) is 9.44. The van der Waals surface area contributed by atoms with Gasteiger partial charge < -0.3 is 14.8 Å². The second-order valence-electron chi connectivity index (χ2n) is 8.60. The number of amides is 2. The lowest BCUT2D eigenvalue weighted by Gasteiger charge is -2.20. The first kappa shape index (κ1) is 28.9. The van der Waals surface area contributed by atoms with Crippen molar-refractivity contribution in [1.82, 2.24) is 10.7 Å². The molecular weight excluding hydrogens is 532 g/mol. The van der Waals surface area contributed by atoms with Crippen LogP contribution in [0.25, 0.3) is 0 Å². The van der Waals surface area contributed by atoms with Gasteiger partial charge in [0.1, 0.15) is 18.5 Å². The zero-order valence-corrected chi connectivity index (χ0v) is 22.6. The quantitative estimate of drug-likeness (QED) is 0.222. The van der Waals surface area contributed by atoms with Gasteiger partial charge in [-0.15, -0.1) is 0 Å². The van der Waals surface area contributed by atoms with E-state index in [0.717, 1.165) is 5.56 Å². The molecule has 3 rings (SSSR count). The Labute approximate surface area is 230 Å². The van der Waals surface area contributed by atoms with Crippen molar-refractivity contribution in [2.75, 3.05) is 6.61 Å². The molecule has 0 spiro atoms. The summed E-state index contributed by atoms with van der Waals surface area (Å²) in [6.45, 7) is 6.08. The van der Waals surface area contributed by atoms with Crippen molar-refractivity contribution in [2.45, 2.75) is 33.4 Å². The fourth-order valence-electron chi connectivity index (χ4n) is 3.39. The summed E-state index contributed by atoms with van der Waals surface area (Å²) in [7, 11) is 0. The summed E-state index contributed by atoms with van der Waals surface area (Å²) < 4.78 is 24.7. The minimum atomic E-state index is -0.848. The van der Waals surface area contributed by atoms with Crippen LogP contribution in [-0.4, -0.2) is 30.7 Å². The Morgan fingerprint density at radius 2 is 1.74 bits per heavy atom. The third-order valence-electron chi connectivity index (χ3n) is 5.40. The highest BCUT2D eigenvalue weighted by Gasteiger charge is 2.24. The lowest BCUT2D eigenvalue weighted by atomic mass is 10.0. The van der Waals surface area contributed by atoms with Crippen LogP contribution in [0.4, 0.5) is 4.39 Å². The highest BCUT2D eigenvalue weighted by Crippen LogP contribution is 2.30. The van der Waals surface area contributed by atoms with E-state index in [2.05, 4.69) is 15.8 Å². The molecule has 1 unspecified atom stereocenters. The van der Waals surface area contributed by atoms with Gasteiger partial charge in [0.05, 0.1) is 12.8 Å². The number of ether oxygens (including phenoxy) is 2. The molecule has 2 amide bonds. The molecule has 0 aromatic heterocycles. The Morgan fingerprint density at radius 1 is 1.00 bits per heavy atom. The number of hydrogen-bond donors (Lipinski definition) is 2. The Balaban J connectivity index is 1.64. The monoisotopic (exact) mass is 559 g/mol. The first-order chi connectivity index (χ1) is 18.2. The molecule has 0 aliphatic rings. The van der Waals surface area contributed by atoms with Gasteiger partial charge in [0.15, 0.2) is 11.5 Å². The molecular formula is C28H28Cl2FN3O4. The van der Waals surface area contributed by atoms with Gasteiger partial charge in [0, 0.05) is 21.2 Å². The molecule has 0 aliphatic carbocycles. The minimum Gasteiger partial charge on any atom is -0.490 e. The van der Waals surface area contributed by atoms with Gasteiger partial charge >= 0.3 is 0 Å². The van der Waals surface area contributed by atoms with Crippen molar-refractivity contribution in [1.29, 1.82) is 0 Å². The van der Waals surface area contributed by atoms with Crippen LogP contribution in [0.5, 0.6) is 11.5 Å². The molecule has 0 radical (unpaired) electrons. The first-order valence-corrected chi connectivity index (χ1v) is 12.7. The maximum absolute atomic E-state index is 13.1. The zero-order valence-electron chi connectivity index (χ0n) is 21.1. The lowest BCUT2D eigenvalue weighted by molar-refractivity contribution is -0.123. The molecule has 2 N–H and O–H groups in total. The first-order valence-electron chi connectivity index (χ1n) is 11.9. The molecule has 0 saturated carbocycles. The van der Waals surface area contributed by atoms with Crippen LogP contribution in [-0.2, 0) is 11.4 Å². The van der Waals surface area contributed by atoms with Crippen LogP contribution in [0.1, 0.15) is 42.3 Å². The van der Waals surface area contributed by atoms with Gasteiger partial charge in [0.25, 0.3) is 11.8 Å². The number of halogens is 3. The highest BCUT2D eigenvalue weighted by molar-refractivity contribution is 6.35. The zero-order chi connectivity index (χ0) is 27.7. The van der Waals surface area contributed by atoms with Crippen LogP contribution in [0.2, 0.25) is 10.0 Å². The van der Waals surface area contributed by atoms with Gasteiger partial charge in [-0.2, -0.15) is 5.10 Å². The number of carbonyl (C=O) groups excluding carboxylic acids is 2. The van der Waals surface area contributed by atoms with E-state index in [0.29, 0.717) is 33.7 Å². The minimum absolute atomic E-state index is 0.218. The molecule has 7 nitrogen and oxygen atoms in total. The van der Waals surface area contributed by atoms with Crippen LogP contribution in [0.3, 0.4) is 0 Å². The Kier molecular flexibility index (Phi) is 10.5. The fourth-order valence-corrected chi connectivity index (χ4v) is 3.85. The average Bonchev–Trinajstić information content (AvgIpc) is 2.88. The van der Waals surface area contributed by atoms with Crippen LogP contribution in [0.15, 0.2) is 65.8 Å². The van der Waals surface area contributed by atoms with E-state index < -0.39 is 23.7 Å². The van der Waals surface area contributed by atoms with E-state index >= 15 is 0 Å². The fraction of sp³-hybridized carbons (Fsp3) is 0.250. The average molecular weight is 560 g/mol. The van der Waals surface area contributed by atoms with Gasteiger partial charge in [-0.25, -0.2) is 9.82 Å². The van der Waals surface area contributed by atoms with E-state index in [1.807, 2.05) is 6.92 Å². The van der Waals surface area contributed by atoms with E-state index in [1.165, 1.54) is 30.5 Å². The largest absolute Gasteiger partial charge is 0.490 e. The van der Waals surface area contributed by atoms with Gasteiger partial charge in [-0.1, -0.05) is 43.1 Å². The smallest absolute Gasteiger partial charge is 0.262 e. The van der Waals surface area contributed by atoms with E-state index in [9.17, 15) is 14.0 Å². The maximum Gasteiger partial charge on any atom is 0.262 e. The number of carbonyl (C=O) groups is 2. The highest BCUT2D eigenvalue weighted by atomic mass is 35.5. The molecule has 38 heavy (non-hydrogen) atoms. The van der Waals surface area contributed by atoms with Crippen molar-refractivity contribution < 1.29 is 23.5 Å². The van der Waals surface area contributed by atoms with Crippen molar-refractivity contribution in [3.8, 4) is 11.5 Å². The standard InChI is InChI=1S/C28H28Cl2FN3O4/c1-4-37-25-13-18(5-12-24(25)38-16-20-6-9-21(29)14-23(20)30)15-32-34-28(36)26(17(2)3)33-27(35)19-7-10-22(31)11-8-19/h5-15,17,26H,4,16H2,1-3H3,(H,33,35)(H,34,36). The predicted molar refractivity (Wildman–Crippen MR) is 147 cm³/mol. The summed E-state index contributed by atoms with van der Waals surface area (Å²) in [5, 5.41) is 7.74. The van der Waals surface area contributed by atoms with Crippen LogP contribution >= 0.6 is 23.2 Å². The number of rotatable bonds is 11. The number of hydrazone groups is 1. The second kappa shape index (κ2) is 13.8. The molecule has 200 valence electrons. The summed E-state index contributed by atoms with van der Waals surface area (Å²) in [5.74, 6) is -0.630. The molecule has 0 saturated heterocycles. The van der Waals surface area contributed by atoms with Crippen molar-refractivity contribution >= 4 is 41.2 Å². The summed E-state index contributed by atoms with van der Waals surface area (Å²) in [6, 6.07) is 14.6. The van der Waals surface area contributed by atoms with E-state index in [-0.39, 0.29) is 18.1 Å². The van der Waals surface area contributed by atoms with Crippen LogP contribution in [0, 0.1) is 11.7 Å².